The van der Waals surface area contributed by atoms with E-state index < -0.39 is 11.7 Å². The molecule has 0 saturated carbocycles. The second-order valence-electron chi connectivity index (χ2n) is 6.86. The fourth-order valence-corrected chi connectivity index (χ4v) is 2.43. The third-order valence-corrected chi connectivity index (χ3v) is 3.94. The largest absolute Gasteiger partial charge is 0.444 e. The molecule has 0 aromatic heterocycles. The molecule has 0 aliphatic carbocycles. The minimum Gasteiger partial charge on any atom is -0.444 e. The van der Waals surface area contributed by atoms with Crippen molar-refractivity contribution in [2.75, 3.05) is 6.54 Å². The minimum absolute atomic E-state index is 0.0518. The molecule has 1 aromatic rings. The summed E-state index contributed by atoms with van der Waals surface area (Å²) >= 11 is 3.35. The van der Waals surface area contributed by atoms with Crippen LogP contribution >= 0.6 is 15.9 Å². The van der Waals surface area contributed by atoms with Gasteiger partial charge in [0.05, 0.1) is 0 Å². The molecule has 23 heavy (non-hydrogen) atoms. The molecule has 0 bridgehead atoms. The number of halogens is 2. The molecule has 1 rings (SSSR count). The third kappa shape index (κ3) is 7.79. The second kappa shape index (κ2) is 8.64. The first-order valence-corrected chi connectivity index (χ1v) is 8.52. The van der Waals surface area contributed by atoms with Crippen molar-refractivity contribution in [3.63, 3.8) is 0 Å². The zero-order valence-corrected chi connectivity index (χ0v) is 16.0. The molecule has 4 nitrogen and oxygen atoms in total. The maximum Gasteiger partial charge on any atom is 0.407 e. The summed E-state index contributed by atoms with van der Waals surface area (Å²) < 4.78 is 19.1. The Balaban J connectivity index is 2.52. The second-order valence-corrected chi connectivity index (χ2v) is 7.72. The van der Waals surface area contributed by atoms with Gasteiger partial charge in [-0.3, -0.25) is 0 Å². The van der Waals surface area contributed by atoms with Gasteiger partial charge in [-0.1, -0.05) is 35.8 Å². The van der Waals surface area contributed by atoms with Gasteiger partial charge in [0.25, 0.3) is 0 Å². The van der Waals surface area contributed by atoms with E-state index in [2.05, 4.69) is 26.6 Å². The van der Waals surface area contributed by atoms with E-state index in [1.54, 1.807) is 6.07 Å². The highest BCUT2D eigenvalue weighted by Gasteiger charge is 2.21. The van der Waals surface area contributed by atoms with Gasteiger partial charge in [-0.2, -0.15) is 0 Å². The van der Waals surface area contributed by atoms with Gasteiger partial charge in [0.2, 0.25) is 0 Å². The van der Waals surface area contributed by atoms with Crippen molar-refractivity contribution in [2.24, 2.45) is 5.92 Å². The van der Waals surface area contributed by atoms with Crippen LogP contribution in [0.1, 0.15) is 40.2 Å². The van der Waals surface area contributed by atoms with Gasteiger partial charge >= 0.3 is 6.09 Å². The highest BCUT2D eigenvalue weighted by molar-refractivity contribution is 9.10. The Labute approximate surface area is 146 Å². The summed E-state index contributed by atoms with van der Waals surface area (Å²) in [5.41, 5.74) is 0.448. The number of nitrogens with one attached hydrogen (secondary N) is 2. The molecule has 2 N–H and O–H groups in total. The van der Waals surface area contributed by atoms with Crippen molar-refractivity contribution in [3.05, 3.63) is 34.1 Å². The van der Waals surface area contributed by atoms with Crippen LogP contribution in [0.3, 0.4) is 0 Å². The van der Waals surface area contributed by atoms with E-state index >= 15 is 0 Å². The zero-order chi connectivity index (χ0) is 17.6. The lowest BCUT2D eigenvalue weighted by molar-refractivity contribution is 0.0490. The number of alkyl carbamates (subject to hydrolysis) is 1. The van der Waals surface area contributed by atoms with Gasteiger partial charge in [0.15, 0.2) is 0 Å². The SMILES string of the molecule is CC(C)C(CNCc1ccc(F)cc1Br)NC(=O)OC(C)(C)C. The van der Waals surface area contributed by atoms with Gasteiger partial charge in [0.1, 0.15) is 11.4 Å². The Morgan fingerprint density at radius 2 is 2.00 bits per heavy atom. The van der Waals surface area contributed by atoms with Gasteiger partial charge in [-0.15, -0.1) is 0 Å². The Bertz CT molecular complexity index is 530. The van der Waals surface area contributed by atoms with E-state index in [4.69, 9.17) is 4.74 Å². The quantitative estimate of drug-likeness (QED) is 0.766. The van der Waals surface area contributed by atoms with Crippen molar-refractivity contribution in [2.45, 2.75) is 52.8 Å². The lowest BCUT2D eigenvalue weighted by atomic mass is 10.0. The Hall–Kier alpha value is -1.14. The van der Waals surface area contributed by atoms with Gasteiger partial charge in [-0.25, -0.2) is 9.18 Å². The van der Waals surface area contributed by atoms with Crippen LogP contribution in [0.25, 0.3) is 0 Å². The number of carbonyl (C=O) groups excluding carboxylic acids is 1. The summed E-state index contributed by atoms with van der Waals surface area (Å²) in [7, 11) is 0. The van der Waals surface area contributed by atoms with E-state index in [0.29, 0.717) is 13.1 Å². The molecule has 1 unspecified atom stereocenters. The molecule has 1 atom stereocenters. The maximum atomic E-state index is 13.1. The standard InChI is InChI=1S/C17H26BrFN2O2/c1-11(2)15(21-16(22)23-17(3,4)5)10-20-9-12-6-7-13(19)8-14(12)18/h6-8,11,15,20H,9-10H2,1-5H3,(H,21,22). The smallest absolute Gasteiger partial charge is 0.407 e. The first-order chi connectivity index (χ1) is 10.6. The van der Waals surface area contributed by atoms with Crippen molar-refractivity contribution in [1.29, 1.82) is 0 Å². The zero-order valence-electron chi connectivity index (χ0n) is 14.4. The molecule has 0 saturated heterocycles. The third-order valence-electron chi connectivity index (χ3n) is 3.20. The predicted molar refractivity (Wildman–Crippen MR) is 93.8 cm³/mol. The van der Waals surface area contributed by atoms with Crippen LogP contribution in [0.15, 0.2) is 22.7 Å². The van der Waals surface area contributed by atoms with Crippen LogP contribution in [0.2, 0.25) is 0 Å². The summed E-state index contributed by atoms with van der Waals surface area (Å²) in [6.45, 7) is 10.8. The van der Waals surface area contributed by atoms with E-state index in [0.717, 1.165) is 10.0 Å². The highest BCUT2D eigenvalue weighted by atomic mass is 79.9. The summed E-state index contributed by atoms with van der Waals surface area (Å²) in [6, 6.07) is 4.55. The maximum absolute atomic E-state index is 13.1. The number of rotatable bonds is 6. The molecule has 0 spiro atoms. The fraction of sp³-hybridized carbons (Fsp3) is 0.588. The Morgan fingerprint density at radius 3 is 2.52 bits per heavy atom. The molecule has 0 heterocycles. The highest BCUT2D eigenvalue weighted by Crippen LogP contribution is 2.17. The van der Waals surface area contributed by atoms with Crippen molar-refractivity contribution in [3.8, 4) is 0 Å². The summed E-state index contributed by atoms with van der Waals surface area (Å²) in [5.74, 6) is -0.0149. The fourth-order valence-electron chi connectivity index (χ4n) is 1.94. The van der Waals surface area contributed by atoms with E-state index in [-0.39, 0.29) is 17.8 Å². The number of hydrogen-bond acceptors (Lipinski definition) is 3. The number of amides is 1. The van der Waals surface area contributed by atoms with Crippen LogP contribution < -0.4 is 10.6 Å². The molecule has 1 amide bonds. The van der Waals surface area contributed by atoms with E-state index in [1.807, 2.05) is 34.6 Å². The predicted octanol–water partition coefficient (Wildman–Crippen LogP) is 4.23. The topological polar surface area (TPSA) is 50.4 Å². The number of benzene rings is 1. The number of hydrogen-bond donors (Lipinski definition) is 2. The van der Waals surface area contributed by atoms with Crippen LogP contribution in [0, 0.1) is 11.7 Å². The number of ether oxygens (including phenoxy) is 1. The average molecular weight is 389 g/mol. The Kier molecular flexibility index (Phi) is 7.48. The molecule has 0 radical (unpaired) electrons. The van der Waals surface area contributed by atoms with Crippen molar-refractivity contribution >= 4 is 22.0 Å². The van der Waals surface area contributed by atoms with Gasteiger partial charge < -0.3 is 15.4 Å². The molecule has 130 valence electrons. The lowest BCUT2D eigenvalue weighted by Gasteiger charge is -2.26. The van der Waals surface area contributed by atoms with Gasteiger partial charge in [-0.05, 0) is 44.4 Å². The minimum atomic E-state index is -0.516. The average Bonchev–Trinajstić information content (AvgIpc) is 2.37. The van der Waals surface area contributed by atoms with Crippen molar-refractivity contribution < 1.29 is 13.9 Å². The summed E-state index contributed by atoms with van der Waals surface area (Å²) in [6.07, 6.45) is -0.416. The van der Waals surface area contributed by atoms with E-state index in [9.17, 15) is 9.18 Å². The molecule has 0 aliphatic heterocycles. The van der Waals surface area contributed by atoms with Gasteiger partial charge in [0, 0.05) is 23.6 Å². The molecule has 1 aromatic carbocycles. The van der Waals surface area contributed by atoms with Crippen LogP contribution in [-0.4, -0.2) is 24.3 Å². The molecular weight excluding hydrogens is 363 g/mol. The van der Waals surface area contributed by atoms with Crippen LogP contribution in [-0.2, 0) is 11.3 Å². The first-order valence-electron chi connectivity index (χ1n) is 7.72. The monoisotopic (exact) mass is 388 g/mol. The molecular formula is C17H26BrFN2O2. The summed E-state index contributed by atoms with van der Waals surface area (Å²) in [4.78, 5) is 11.9. The molecule has 6 heteroatoms. The number of carbonyl (C=O) groups is 1. The summed E-state index contributed by atoms with van der Waals surface area (Å²) in [5, 5.41) is 6.18. The molecule has 0 fully saturated rings. The normalized spacial score (nSPS) is 13.0. The molecule has 0 aliphatic rings. The van der Waals surface area contributed by atoms with Crippen molar-refractivity contribution in [1.82, 2.24) is 10.6 Å². The van der Waals surface area contributed by atoms with Crippen LogP contribution in [0.5, 0.6) is 0 Å². The van der Waals surface area contributed by atoms with E-state index in [1.165, 1.54) is 12.1 Å². The first kappa shape index (κ1) is 19.9. The lowest BCUT2D eigenvalue weighted by Crippen LogP contribution is -2.46. The van der Waals surface area contributed by atoms with Crippen LogP contribution in [0.4, 0.5) is 9.18 Å². The Morgan fingerprint density at radius 1 is 1.35 bits per heavy atom.